The third-order valence-corrected chi connectivity index (χ3v) is 6.02. The molecule has 28 heavy (non-hydrogen) atoms. The van der Waals surface area contributed by atoms with Gasteiger partial charge < -0.3 is 4.90 Å². The minimum Gasteiger partial charge on any atom is -0.351 e. The second-order valence-electron chi connectivity index (χ2n) is 9.16. The topological polar surface area (TPSA) is 63.9 Å². The molecule has 150 valence electrons. The first-order chi connectivity index (χ1) is 13.4. The van der Waals surface area contributed by atoms with Gasteiger partial charge in [-0.2, -0.15) is 5.10 Å². The normalized spacial score (nSPS) is 20.1. The molecule has 4 rings (SSSR count). The Morgan fingerprint density at radius 3 is 2.71 bits per heavy atom. The zero-order valence-electron chi connectivity index (χ0n) is 17.3. The third kappa shape index (κ3) is 3.82. The van der Waals surface area contributed by atoms with E-state index in [9.17, 15) is 4.79 Å². The Hall–Kier alpha value is -2.24. The van der Waals surface area contributed by atoms with Gasteiger partial charge >= 0.3 is 0 Å². The fourth-order valence-electron chi connectivity index (χ4n) is 4.41. The molecule has 0 aromatic carbocycles. The zero-order valence-corrected chi connectivity index (χ0v) is 17.3. The van der Waals surface area contributed by atoms with Gasteiger partial charge in [-0.05, 0) is 44.6 Å². The summed E-state index contributed by atoms with van der Waals surface area (Å²) in [6.07, 6.45) is 9.71. The summed E-state index contributed by atoms with van der Waals surface area (Å²) in [5, 5.41) is 4.68. The Bertz CT molecular complexity index is 899. The van der Waals surface area contributed by atoms with Crippen molar-refractivity contribution < 1.29 is 0 Å². The maximum atomic E-state index is 12.5. The minimum atomic E-state index is -0.0746. The van der Waals surface area contributed by atoms with E-state index >= 15 is 0 Å². The second-order valence-corrected chi connectivity index (χ2v) is 9.16. The second kappa shape index (κ2) is 7.64. The molecule has 1 aliphatic carbocycles. The van der Waals surface area contributed by atoms with Crippen molar-refractivity contribution in [3.63, 3.8) is 0 Å². The molecule has 0 spiro atoms. The van der Waals surface area contributed by atoms with E-state index in [1.807, 2.05) is 6.07 Å². The Kier molecular flexibility index (Phi) is 5.21. The average molecular weight is 382 g/mol. The molecule has 1 fully saturated rings. The van der Waals surface area contributed by atoms with Crippen molar-refractivity contribution in [1.82, 2.24) is 19.7 Å². The van der Waals surface area contributed by atoms with Gasteiger partial charge in [0, 0.05) is 29.3 Å². The zero-order chi connectivity index (χ0) is 19.7. The van der Waals surface area contributed by atoms with Crippen LogP contribution in [0.25, 0.3) is 0 Å². The van der Waals surface area contributed by atoms with Crippen molar-refractivity contribution in [3.8, 4) is 0 Å². The molecule has 0 N–H and O–H groups in total. The quantitative estimate of drug-likeness (QED) is 0.764. The first-order valence-electron chi connectivity index (χ1n) is 10.6. The number of nitrogens with zero attached hydrogens (tertiary/aromatic N) is 5. The molecule has 2 aliphatic rings. The van der Waals surface area contributed by atoms with Gasteiger partial charge in [0.25, 0.3) is 5.56 Å². The van der Waals surface area contributed by atoms with Gasteiger partial charge in [-0.1, -0.05) is 27.2 Å². The Morgan fingerprint density at radius 2 is 1.89 bits per heavy atom. The van der Waals surface area contributed by atoms with Crippen molar-refractivity contribution in [3.05, 3.63) is 45.8 Å². The maximum absolute atomic E-state index is 12.5. The number of rotatable bonds is 3. The van der Waals surface area contributed by atoms with Gasteiger partial charge in [0.2, 0.25) is 0 Å². The molecular formula is C22H31N5O. The average Bonchev–Trinajstić information content (AvgIpc) is 2.96. The number of aromatic nitrogens is 4. The van der Waals surface area contributed by atoms with Crippen molar-refractivity contribution in [2.75, 3.05) is 11.4 Å². The summed E-state index contributed by atoms with van der Waals surface area (Å²) in [6.45, 7) is 7.98. The molecule has 2 aromatic rings. The van der Waals surface area contributed by atoms with E-state index in [4.69, 9.17) is 4.98 Å². The minimum absolute atomic E-state index is 0.0265. The molecule has 0 amide bonds. The monoisotopic (exact) mass is 381 g/mol. The van der Waals surface area contributed by atoms with Crippen LogP contribution in [0.5, 0.6) is 0 Å². The molecular weight excluding hydrogens is 350 g/mol. The van der Waals surface area contributed by atoms with E-state index in [-0.39, 0.29) is 17.0 Å². The lowest BCUT2D eigenvalue weighted by molar-refractivity contribution is 0.456. The van der Waals surface area contributed by atoms with Crippen molar-refractivity contribution in [2.45, 2.75) is 83.7 Å². The molecule has 1 unspecified atom stereocenters. The van der Waals surface area contributed by atoms with E-state index in [2.05, 4.69) is 35.8 Å². The molecule has 0 bridgehead atoms. The lowest BCUT2D eigenvalue weighted by atomic mass is 9.92. The Balaban J connectivity index is 1.63. The van der Waals surface area contributed by atoms with Crippen LogP contribution >= 0.6 is 0 Å². The van der Waals surface area contributed by atoms with E-state index < -0.39 is 0 Å². The summed E-state index contributed by atoms with van der Waals surface area (Å²) in [5.41, 5.74) is 3.40. The van der Waals surface area contributed by atoms with E-state index in [1.54, 1.807) is 17.1 Å². The number of hydrogen-bond donors (Lipinski definition) is 0. The van der Waals surface area contributed by atoms with Crippen molar-refractivity contribution in [2.24, 2.45) is 0 Å². The van der Waals surface area contributed by atoms with Crippen LogP contribution < -0.4 is 10.5 Å². The van der Waals surface area contributed by atoms with Gasteiger partial charge in [-0.3, -0.25) is 4.79 Å². The van der Waals surface area contributed by atoms with Crippen molar-refractivity contribution in [1.29, 1.82) is 0 Å². The summed E-state index contributed by atoms with van der Waals surface area (Å²) >= 11 is 0. The summed E-state index contributed by atoms with van der Waals surface area (Å²) < 4.78 is 1.66. The summed E-state index contributed by atoms with van der Waals surface area (Å²) in [4.78, 5) is 24.1. The standard InChI is InChI=1S/C22H31N5O/c1-22(2,3)19-11-12-20(28)27(25-19)14-16-8-7-13-26(16)21-17-9-5-4-6-10-18(17)23-15-24-21/h11-12,15-16H,4-10,13-14H2,1-3H3. The van der Waals surface area contributed by atoms with E-state index in [0.29, 0.717) is 6.54 Å². The van der Waals surface area contributed by atoms with E-state index in [0.717, 1.165) is 43.7 Å². The van der Waals surface area contributed by atoms with Crippen LogP contribution in [0, 0.1) is 0 Å². The number of fused-ring (bicyclic) bond motifs is 1. The molecule has 0 saturated carbocycles. The van der Waals surface area contributed by atoms with E-state index in [1.165, 1.54) is 30.5 Å². The van der Waals surface area contributed by atoms with Gasteiger partial charge in [-0.15, -0.1) is 0 Å². The SMILES string of the molecule is CC(C)(C)c1ccc(=O)n(CC2CCCN2c2ncnc3c2CCCCC3)n1. The molecule has 1 atom stereocenters. The highest BCUT2D eigenvalue weighted by Gasteiger charge is 2.30. The summed E-state index contributed by atoms with van der Waals surface area (Å²) in [6, 6.07) is 3.77. The molecule has 1 saturated heterocycles. The molecule has 2 aromatic heterocycles. The molecule has 1 aliphatic heterocycles. The van der Waals surface area contributed by atoms with Crippen molar-refractivity contribution >= 4 is 5.82 Å². The van der Waals surface area contributed by atoms with Gasteiger partial charge in [0.1, 0.15) is 12.1 Å². The first kappa shape index (κ1) is 19.1. The predicted molar refractivity (Wildman–Crippen MR) is 111 cm³/mol. The fraction of sp³-hybridized carbons (Fsp3) is 0.636. The van der Waals surface area contributed by atoms with Crippen LogP contribution in [0.3, 0.4) is 0 Å². The van der Waals surface area contributed by atoms with Gasteiger partial charge in [0.05, 0.1) is 18.3 Å². The van der Waals surface area contributed by atoms with Crippen LogP contribution in [0.4, 0.5) is 5.82 Å². The largest absolute Gasteiger partial charge is 0.351 e. The summed E-state index contributed by atoms with van der Waals surface area (Å²) in [7, 11) is 0. The number of anilines is 1. The highest BCUT2D eigenvalue weighted by molar-refractivity contribution is 5.51. The Labute approximate surface area is 167 Å². The molecule has 3 heterocycles. The number of hydrogen-bond acceptors (Lipinski definition) is 5. The first-order valence-corrected chi connectivity index (χ1v) is 10.6. The third-order valence-electron chi connectivity index (χ3n) is 6.02. The number of aryl methyl sites for hydroxylation is 1. The van der Waals surface area contributed by atoms with Crippen LogP contribution in [0.15, 0.2) is 23.3 Å². The lowest BCUT2D eigenvalue weighted by Gasteiger charge is -2.28. The molecule has 6 heteroatoms. The highest BCUT2D eigenvalue weighted by Crippen LogP contribution is 2.31. The molecule has 6 nitrogen and oxygen atoms in total. The fourth-order valence-corrected chi connectivity index (χ4v) is 4.41. The van der Waals surface area contributed by atoms with Crippen LogP contribution in [0.2, 0.25) is 0 Å². The van der Waals surface area contributed by atoms with Gasteiger partial charge in [-0.25, -0.2) is 14.6 Å². The maximum Gasteiger partial charge on any atom is 0.266 e. The van der Waals surface area contributed by atoms with Crippen LogP contribution in [-0.2, 0) is 24.8 Å². The molecule has 0 radical (unpaired) electrons. The predicted octanol–water partition coefficient (Wildman–Crippen LogP) is 3.27. The van der Waals surface area contributed by atoms with Crippen LogP contribution in [0.1, 0.15) is 69.8 Å². The smallest absolute Gasteiger partial charge is 0.266 e. The lowest BCUT2D eigenvalue weighted by Crippen LogP contribution is -2.38. The van der Waals surface area contributed by atoms with Crippen LogP contribution in [-0.4, -0.2) is 32.3 Å². The highest BCUT2D eigenvalue weighted by atomic mass is 16.1. The Morgan fingerprint density at radius 1 is 1.07 bits per heavy atom. The van der Waals surface area contributed by atoms with Gasteiger partial charge in [0.15, 0.2) is 0 Å². The summed E-state index contributed by atoms with van der Waals surface area (Å²) in [5.74, 6) is 1.09.